The van der Waals surface area contributed by atoms with Gasteiger partial charge in [-0.3, -0.25) is 4.79 Å². The van der Waals surface area contributed by atoms with Crippen molar-refractivity contribution in [2.75, 3.05) is 5.73 Å². The summed E-state index contributed by atoms with van der Waals surface area (Å²) in [5.74, 6) is 0.282. The molecule has 2 rings (SSSR count). The molecule has 96 valence electrons. The highest BCUT2D eigenvalue weighted by atomic mass is 16.7. The van der Waals surface area contributed by atoms with E-state index in [9.17, 15) is 4.79 Å². The molecular formula is C12H17BN2O3. The van der Waals surface area contributed by atoms with Crippen molar-refractivity contribution in [3.63, 3.8) is 0 Å². The maximum absolute atomic E-state index is 10.8. The van der Waals surface area contributed by atoms with E-state index in [0.717, 1.165) is 6.29 Å². The second kappa shape index (κ2) is 4.07. The summed E-state index contributed by atoms with van der Waals surface area (Å²) in [6, 6.07) is 3.15. The van der Waals surface area contributed by atoms with Crippen molar-refractivity contribution in [2.45, 2.75) is 38.9 Å². The Labute approximate surface area is 107 Å². The van der Waals surface area contributed by atoms with Gasteiger partial charge in [0.15, 0.2) is 0 Å². The van der Waals surface area contributed by atoms with Gasteiger partial charge in [0.25, 0.3) is 0 Å². The van der Waals surface area contributed by atoms with E-state index < -0.39 is 18.3 Å². The fraction of sp³-hybridized carbons (Fsp3) is 0.500. The molecule has 0 bridgehead atoms. The summed E-state index contributed by atoms with van der Waals surface area (Å²) in [5, 5.41) is 0. The molecule has 0 amide bonds. The van der Waals surface area contributed by atoms with Crippen molar-refractivity contribution in [1.29, 1.82) is 0 Å². The topological polar surface area (TPSA) is 74.4 Å². The van der Waals surface area contributed by atoms with Gasteiger partial charge in [-0.15, -0.1) is 0 Å². The number of aldehydes is 1. The number of rotatable bonds is 2. The molecule has 0 radical (unpaired) electrons. The number of aromatic nitrogens is 1. The molecule has 1 fully saturated rings. The zero-order valence-electron chi connectivity index (χ0n) is 11.1. The first-order valence-electron chi connectivity index (χ1n) is 5.83. The molecule has 18 heavy (non-hydrogen) atoms. The highest BCUT2D eigenvalue weighted by Gasteiger charge is 2.52. The average molecular weight is 248 g/mol. The lowest BCUT2D eigenvalue weighted by atomic mass is 9.83. The Hall–Kier alpha value is -1.40. The Morgan fingerprint density at radius 2 is 1.78 bits per heavy atom. The van der Waals surface area contributed by atoms with Crippen LogP contribution in [0.15, 0.2) is 12.1 Å². The van der Waals surface area contributed by atoms with Crippen molar-refractivity contribution in [3.05, 3.63) is 17.7 Å². The van der Waals surface area contributed by atoms with Crippen LogP contribution in [0, 0.1) is 0 Å². The van der Waals surface area contributed by atoms with Crippen LogP contribution in [-0.2, 0) is 9.31 Å². The molecule has 6 heteroatoms. The van der Waals surface area contributed by atoms with Crippen molar-refractivity contribution >= 4 is 24.8 Å². The lowest BCUT2D eigenvalue weighted by molar-refractivity contribution is 0.00578. The van der Waals surface area contributed by atoms with Gasteiger partial charge >= 0.3 is 7.12 Å². The first-order valence-corrected chi connectivity index (χ1v) is 5.83. The highest BCUT2D eigenvalue weighted by Crippen LogP contribution is 2.36. The number of nitrogens with zero attached hydrogens (tertiary/aromatic N) is 1. The summed E-state index contributed by atoms with van der Waals surface area (Å²) in [6.45, 7) is 7.83. The Bertz CT molecular complexity index is 472. The van der Waals surface area contributed by atoms with Crippen LogP contribution >= 0.6 is 0 Å². The predicted octanol–water partition coefficient (Wildman–Crippen LogP) is 0.775. The van der Waals surface area contributed by atoms with Crippen LogP contribution in [0.4, 0.5) is 5.82 Å². The van der Waals surface area contributed by atoms with Gasteiger partial charge in [-0.25, -0.2) is 4.98 Å². The van der Waals surface area contributed by atoms with Crippen LogP contribution < -0.4 is 11.3 Å². The van der Waals surface area contributed by atoms with Gasteiger partial charge in [-0.1, -0.05) is 0 Å². The lowest BCUT2D eigenvalue weighted by Gasteiger charge is -2.32. The molecule has 1 aliphatic rings. The van der Waals surface area contributed by atoms with Crippen molar-refractivity contribution in [2.24, 2.45) is 0 Å². The molecular weight excluding hydrogens is 231 g/mol. The Morgan fingerprint density at radius 3 is 2.28 bits per heavy atom. The average Bonchev–Trinajstić information content (AvgIpc) is 2.47. The number of hydrogen-bond acceptors (Lipinski definition) is 5. The van der Waals surface area contributed by atoms with Crippen LogP contribution in [0.2, 0.25) is 0 Å². The largest absolute Gasteiger partial charge is 0.514 e. The normalized spacial score (nSPS) is 21.0. The van der Waals surface area contributed by atoms with E-state index in [1.54, 1.807) is 6.07 Å². The molecule has 5 nitrogen and oxygen atoms in total. The molecule has 0 spiro atoms. The number of nitrogens with two attached hydrogens (primary N) is 1. The molecule has 0 aromatic carbocycles. The second-order valence-electron chi connectivity index (χ2n) is 5.46. The van der Waals surface area contributed by atoms with Crippen LogP contribution in [0.3, 0.4) is 0 Å². The van der Waals surface area contributed by atoms with E-state index in [2.05, 4.69) is 4.98 Å². The quantitative estimate of drug-likeness (QED) is 0.618. The molecule has 0 unspecified atom stereocenters. The minimum absolute atomic E-state index is 0.282. The third kappa shape index (κ3) is 2.13. The molecule has 0 aliphatic carbocycles. The fourth-order valence-electron chi connectivity index (χ4n) is 1.75. The second-order valence-corrected chi connectivity index (χ2v) is 5.46. The van der Waals surface area contributed by atoms with Gasteiger partial charge in [0, 0.05) is 5.56 Å². The number of nitrogen functional groups attached to an aromatic ring is 1. The monoisotopic (exact) mass is 248 g/mol. The molecule has 0 saturated carbocycles. The zero-order chi connectivity index (χ0) is 13.6. The number of carbonyl (C=O) groups excluding carboxylic acids is 1. The van der Waals surface area contributed by atoms with Gasteiger partial charge in [-0.05, 0) is 39.8 Å². The fourth-order valence-corrected chi connectivity index (χ4v) is 1.75. The molecule has 1 aromatic heterocycles. The summed E-state index contributed by atoms with van der Waals surface area (Å²) >= 11 is 0. The molecule has 1 aromatic rings. The van der Waals surface area contributed by atoms with E-state index >= 15 is 0 Å². The van der Waals surface area contributed by atoms with Gasteiger partial charge in [0.1, 0.15) is 12.1 Å². The predicted molar refractivity (Wildman–Crippen MR) is 69.8 cm³/mol. The van der Waals surface area contributed by atoms with Gasteiger partial charge in [-0.2, -0.15) is 0 Å². The minimum atomic E-state index is -0.600. The van der Waals surface area contributed by atoms with Crippen LogP contribution in [0.25, 0.3) is 0 Å². The summed E-state index contributed by atoms with van der Waals surface area (Å²) in [7, 11) is -0.600. The Morgan fingerprint density at radius 1 is 1.22 bits per heavy atom. The highest BCUT2D eigenvalue weighted by molar-refractivity contribution is 6.61. The molecule has 2 N–H and O–H groups in total. The van der Waals surface area contributed by atoms with E-state index in [1.165, 1.54) is 6.07 Å². The lowest BCUT2D eigenvalue weighted by Crippen LogP contribution is -2.41. The Kier molecular flexibility index (Phi) is 2.95. The van der Waals surface area contributed by atoms with Gasteiger partial charge < -0.3 is 15.0 Å². The van der Waals surface area contributed by atoms with Gasteiger partial charge in [0.2, 0.25) is 0 Å². The van der Waals surface area contributed by atoms with Crippen LogP contribution in [-0.4, -0.2) is 29.6 Å². The van der Waals surface area contributed by atoms with Crippen LogP contribution in [0.5, 0.6) is 0 Å². The van der Waals surface area contributed by atoms with Crippen molar-refractivity contribution in [3.8, 4) is 0 Å². The third-order valence-electron chi connectivity index (χ3n) is 3.52. The van der Waals surface area contributed by atoms with E-state index in [-0.39, 0.29) is 5.82 Å². The van der Waals surface area contributed by atoms with Crippen LogP contribution in [0.1, 0.15) is 38.1 Å². The Balaban J connectivity index is 2.35. The van der Waals surface area contributed by atoms with E-state index in [4.69, 9.17) is 15.0 Å². The summed E-state index contributed by atoms with van der Waals surface area (Å²) in [4.78, 5) is 15.0. The number of carbonyl (C=O) groups is 1. The smallest absolute Gasteiger partial charge is 0.398 e. The first kappa shape index (κ1) is 13.0. The van der Waals surface area contributed by atoms with E-state index in [1.807, 2.05) is 27.7 Å². The van der Waals surface area contributed by atoms with Gasteiger partial charge in [0.05, 0.1) is 16.8 Å². The summed E-state index contributed by atoms with van der Waals surface area (Å²) in [5.41, 5.74) is 5.77. The molecule has 2 heterocycles. The first-order chi connectivity index (χ1) is 8.25. The van der Waals surface area contributed by atoms with Crippen molar-refractivity contribution in [1.82, 2.24) is 4.98 Å². The number of pyridine rings is 1. The molecule has 1 saturated heterocycles. The SMILES string of the molecule is CC1(C)OB(c2cc(C=O)cc(N)n2)OC1(C)C. The molecule has 0 atom stereocenters. The maximum Gasteiger partial charge on any atom is 0.514 e. The number of hydrogen-bond donors (Lipinski definition) is 1. The third-order valence-corrected chi connectivity index (χ3v) is 3.52. The zero-order valence-corrected chi connectivity index (χ0v) is 11.1. The maximum atomic E-state index is 10.8. The summed E-state index contributed by atoms with van der Waals surface area (Å²) < 4.78 is 11.7. The van der Waals surface area contributed by atoms with Crippen molar-refractivity contribution < 1.29 is 14.1 Å². The minimum Gasteiger partial charge on any atom is -0.398 e. The number of anilines is 1. The molecule has 1 aliphatic heterocycles. The summed E-state index contributed by atoms with van der Waals surface area (Å²) in [6.07, 6.45) is 0.729. The standard InChI is InChI=1S/C12H17BN2O3/c1-11(2)12(3,4)18-13(17-11)9-5-8(7-16)6-10(14)15-9/h5-7H,1-4H3,(H2,14,15). The van der Waals surface area contributed by atoms with E-state index in [0.29, 0.717) is 11.2 Å².